The van der Waals surface area contributed by atoms with Crippen molar-refractivity contribution in [2.24, 2.45) is 0 Å². The molecule has 2 heteroatoms. The molecule has 1 fully saturated rings. The van der Waals surface area contributed by atoms with Crippen LogP contribution in [0, 0.1) is 6.92 Å². The molecule has 2 atom stereocenters. The minimum absolute atomic E-state index is 0.308. The van der Waals surface area contributed by atoms with E-state index in [1.165, 1.54) is 27.8 Å². The van der Waals surface area contributed by atoms with Crippen molar-refractivity contribution in [2.75, 3.05) is 19.6 Å². The fourth-order valence-corrected chi connectivity index (χ4v) is 4.05. The molecule has 1 aliphatic rings. The van der Waals surface area contributed by atoms with Crippen molar-refractivity contribution >= 4 is 0 Å². The lowest BCUT2D eigenvalue weighted by Crippen LogP contribution is -2.50. The number of hydrogen-bond donors (Lipinski definition) is 1. The lowest BCUT2D eigenvalue weighted by molar-refractivity contribution is 0.170. The topological polar surface area (TPSA) is 15.3 Å². The van der Waals surface area contributed by atoms with Crippen LogP contribution >= 0.6 is 0 Å². The summed E-state index contributed by atoms with van der Waals surface area (Å²) in [4.78, 5) is 2.61. The number of rotatable bonds is 4. The van der Waals surface area contributed by atoms with Crippen molar-refractivity contribution in [3.63, 3.8) is 0 Å². The summed E-state index contributed by atoms with van der Waals surface area (Å²) in [5, 5.41) is 3.56. The number of nitrogens with one attached hydrogen (secondary N) is 1. The first-order valence-electron chi connectivity index (χ1n) is 9.90. The Hall–Kier alpha value is -2.42. The second kappa shape index (κ2) is 8.08. The van der Waals surface area contributed by atoms with Crippen LogP contribution in [0.3, 0.4) is 0 Å². The Morgan fingerprint density at radius 3 is 2.04 bits per heavy atom. The van der Waals surface area contributed by atoms with Gasteiger partial charge in [0.05, 0.1) is 6.04 Å². The first-order chi connectivity index (χ1) is 13.2. The van der Waals surface area contributed by atoms with E-state index in [0.717, 1.165) is 19.6 Å². The zero-order valence-corrected chi connectivity index (χ0v) is 16.2. The van der Waals surface area contributed by atoms with E-state index in [0.29, 0.717) is 12.1 Å². The van der Waals surface area contributed by atoms with Gasteiger partial charge in [-0.05, 0) is 36.1 Å². The molecule has 0 spiro atoms. The van der Waals surface area contributed by atoms with E-state index < -0.39 is 0 Å². The SMILES string of the molecule is Cc1ccc(-c2ccc([C@@H](c3ccccc3)N3CCNC(C)C3)cc2)cc1. The molecule has 1 unspecified atom stereocenters. The Balaban J connectivity index is 1.66. The molecule has 3 aromatic rings. The Labute approximate surface area is 162 Å². The molecule has 4 rings (SSSR count). The third-order valence-electron chi connectivity index (χ3n) is 5.49. The Bertz CT molecular complexity index is 853. The zero-order chi connectivity index (χ0) is 18.6. The molecule has 27 heavy (non-hydrogen) atoms. The number of benzene rings is 3. The van der Waals surface area contributed by atoms with Crippen molar-refractivity contribution in [3.05, 3.63) is 95.6 Å². The lowest BCUT2D eigenvalue weighted by atomic mass is 9.94. The molecule has 1 aliphatic heterocycles. The molecule has 0 radical (unpaired) electrons. The molecule has 0 aromatic heterocycles. The number of hydrogen-bond acceptors (Lipinski definition) is 2. The normalized spacial score (nSPS) is 19.0. The van der Waals surface area contributed by atoms with Gasteiger partial charge in [0.2, 0.25) is 0 Å². The minimum Gasteiger partial charge on any atom is -0.312 e. The molecule has 0 saturated carbocycles. The predicted molar refractivity (Wildman–Crippen MR) is 114 cm³/mol. The van der Waals surface area contributed by atoms with E-state index in [9.17, 15) is 0 Å². The maximum Gasteiger partial charge on any atom is 0.0602 e. The number of nitrogens with zero attached hydrogens (tertiary/aromatic N) is 1. The second-order valence-corrected chi connectivity index (χ2v) is 7.65. The molecule has 0 bridgehead atoms. The van der Waals surface area contributed by atoms with Crippen LogP contribution in [-0.2, 0) is 0 Å². The molecule has 1 saturated heterocycles. The molecule has 0 amide bonds. The number of aryl methyl sites for hydroxylation is 1. The molecule has 3 aromatic carbocycles. The summed E-state index contributed by atoms with van der Waals surface area (Å²) in [6.07, 6.45) is 0. The van der Waals surface area contributed by atoms with Crippen LogP contribution in [0.15, 0.2) is 78.9 Å². The van der Waals surface area contributed by atoms with Gasteiger partial charge in [-0.1, -0.05) is 84.4 Å². The van der Waals surface area contributed by atoms with Crippen LogP contribution in [0.25, 0.3) is 11.1 Å². The summed E-state index contributed by atoms with van der Waals surface area (Å²) in [6, 6.07) is 29.6. The first kappa shape index (κ1) is 18.0. The van der Waals surface area contributed by atoms with Crippen LogP contribution in [0.5, 0.6) is 0 Å². The van der Waals surface area contributed by atoms with E-state index in [1.807, 2.05) is 0 Å². The van der Waals surface area contributed by atoms with E-state index in [4.69, 9.17) is 0 Å². The van der Waals surface area contributed by atoms with Gasteiger partial charge in [0.15, 0.2) is 0 Å². The highest BCUT2D eigenvalue weighted by Crippen LogP contribution is 2.31. The van der Waals surface area contributed by atoms with E-state index in [2.05, 4.69) is 103 Å². The lowest BCUT2D eigenvalue weighted by Gasteiger charge is -2.38. The highest BCUT2D eigenvalue weighted by molar-refractivity contribution is 5.64. The molecule has 0 aliphatic carbocycles. The van der Waals surface area contributed by atoms with Gasteiger partial charge in [0.1, 0.15) is 0 Å². The van der Waals surface area contributed by atoms with Gasteiger partial charge < -0.3 is 5.32 Å². The van der Waals surface area contributed by atoms with E-state index >= 15 is 0 Å². The molecular formula is C25H28N2. The van der Waals surface area contributed by atoms with Crippen molar-refractivity contribution in [2.45, 2.75) is 25.9 Å². The summed E-state index contributed by atoms with van der Waals surface area (Å²) in [6.45, 7) is 7.59. The fraction of sp³-hybridized carbons (Fsp3) is 0.280. The largest absolute Gasteiger partial charge is 0.312 e. The monoisotopic (exact) mass is 356 g/mol. The standard InChI is InChI=1S/C25H28N2/c1-19-8-10-21(11-9-19)22-12-14-24(15-13-22)25(23-6-4-3-5-7-23)27-17-16-26-20(2)18-27/h3-15,20,25-26H,16-18H2,1-2H3/t20?,25-/m1/s1. The van der Waals surface area contributed by atoms with Crippen LogP contribution in [0.4, 0.5) is 0 Å². The summed E-state index contributed by atoms with van der Waals surface area (Å²) in [5.74, 6) is 0. The Morgan fingerprint density at radius 2 is 1.41 bits per heavy atom. The third-order valence-corrected chi connectivity index (χ3v) is 5.49. The molecule has 1 N–H and O–H groups in total. The van der Waals surface area contributed by atoms with Crippen LogP contribution < -0.4 is 5.32 Å². The Morgan fingerprint density at radius 1 is 0.815 bits per heavy atom. The van der Waals surface area contributed by atoms with Gasteiger partial charge in [-0.15, -0.1) is 0 Å². The van der Waals surface area contributed by atoms with Crippen LogP contribution in [-0.4, -0.2) is 30.6 Å². The Kier molecular flexibility index (Phi) is 5.38. The van der Waals surface area contributed by atoms with E-state index in [1.54, 1.807) is 0 Å². The van der Waals surface area contributed by atoms with Gasteiger partial charge in [0, 0.05) is 25.7 Å². The summed E-state index contributed by atoms with van der Waals surface area (Å²) in [7, 11) is 0. The zero-order valence-electron chi connectivity index (χ0n) is 16.2. The van der Waals surface area contributed by atoms with Crippen LogP contribution in [0.1, 0.15) is 29.7 Å². The van der Waals surface area contributed by atoms with Crippen LogP contribution in [0.2, 0.25) is 0 Å². The molecular weight excluding hydrogens is 328 g/mol. The third kappa shape index (κ3) is 4.13. The average molecular weight is 357 g/mol. The van der Waals surface area contributed by atoms with Gasteiger partial charge in [-0.2, -0.15) is 0 Å². The summed E-state index contributed by atoms with van der Waals surface area (Å²) >= 11 is 0. The highest BCUT2D eigenvalue weighted by atomic mass is 15.2. The highest BCUT2D eigenvalue weighted by Gasteiger charge is 2.26. The van der Waals surface area contributed by atoms with Gasteiger partial charge in [-0.3, -0.25) is 4.90 Å². The maximum atomic E-state index is 3.56. The van der Waals surface area contributed by atoms with Gasteiger partial charge >= 0.3 is 0 Å². The number of piperazine rings is 1. The van der Waals surface area contributed by atoms with Gasteiger partial charge in [0.25, 0.3) is 0 Å². The second-order valence-electron chi connectivity index (χ2n) is 7.65. The quantitative estimate of drug-likeness (QED) is 0.704. The minimum atomic E-state index is 0.308. The fourth-order valence-electron chi connectivity index (χ4n) is 4.05. The van der Waals surface area contributed by atoms with Crippen molar-refractivity contribution in [1.29, 1.82) is 0 Å². The smallest absolute Gasteiger partial charge is 0.0602 e. The maximum absolute atomic E-state index is 3.56. The molecule has 138 valence electrons. The predicted octanol–water partition coefficient (Wildman–Crippen LogP) is 5.05. The summed E-state index contributed by atoms with van der Waals surface area (Å²) < 4.78 is 0. The van der Waals surface area contributed by atoms with Crippen molar-refractivity contribution < 1.29 is 0 Å². The molecule has 2 nitrogen and oxygen atoms in total. The first-order valence-corrected chi connectivity index (χ1v) is 9.90. The van der Waals surface area contributed by atoms with Gasteiger partial charge in [-0.25, -0.2) is 0 Å². The average Bonchev–Trinajstić information content (AvgIpc) is 2.70. The molecule has 1 heterocycles. The van der Waals surface area contributed by atoms with Crippen molar-refractivity contribution in [1.82, 2.24) is 10.2 Å². The van der Waals surface area contributed by atoms with E-state index in [-0.39, 0.29) is 0 Å². The van der Waals surface area contributed by atoms with Crippen molar-refractivity contribution in [3.8, 4) is 11.1 Å². The summed E-state index contributed by atoms with van der Waals surface area (Å²) in [5.41, 5.74) is 6.59.